The predicted molar refractivity (Wildman–Crippen MR) is 79.9 cm³/mol. The summed E-state index contributed by atoms with van der Waals surface area (Å²) in [5.74, 6) is 0. The van der Waals surface area contributed by atoms with Gasteiger partial charge in [0, 0.05) is 4.90 Å². The summed E-state index contributed by atoms with van der Waals surface area (Å²) in [7, 11) is 0. The second kappa shape index (κ2) is 10.2. The van der Waals surface area contributed by atoms with Gasteiger partial charge in [0.15, 0.2) is 0 Å². The first-order valence-electron chi connectivity index (χ1n) is 7.42. The highest BCUT2D eigenvalue weighted by molar-refractivity contribution is 7.79. The van der Waals surface area contributed by atoms with Gasteiger partial charge in [-0.3, -0.25) is 4.21 Å². The summed E-state index contributed by atoms with van der Waals surface area (Å²) in [6, 6.07) is 7.21. The molecular formula is C16H25O2S-. The van der Waals surface area contributed by atoms with E-state index in [4.69, 9.17) is 0 Å². The lowest BCUT2D eigenvalue weighted by Gasteiger charge is -2.06. The number of benzene rings is 1. The van der Waals surface area contributed by atoms with Crippen LogP contribution in [0, 0.1) is 0 Å². The average Bonchev–Trinajstić information content (AvgIpc) is 2.42. The van der Waals surface area contributed by atoms with Crippen molar-refractivity contribution >= 4 is 11.1 Å². The van der Waals surface area contributed by atoms with Crippen molar-refractivity contribution in [1.29, 1.82) is 0 Å². The molecule has 0 aliphatic heterocycles. The summed E-state index contributed by atoms with van der Waals surface area (Å²) in [6.07, 6.45) is 11.6. The van der Waals surface area contributed by atoms with E-state index < -0.39 is 11.1 Å². The van der Waals surface area contributed by atoms with E-state index in [9.17, 15) is 8.76 Å². The minimum absolute atomic E-state index is 0.375. The number of hydrogen-bond donors (Lipinski definition) is 0. The summed E-state index contributed by atoms with van der Waals surface area (Å²) < 4.78 is 21.4. The molecule has 0 N–H and O–H groups in total. The molecular weight excluding hydrogens is 256 g/mol. The highest BCUT2D eigenvalue weighted by atomic mass is 32.2. The van der Waals surface area contributed by atoms with Crippen LogP contribution in [0.3, 0.4) is 0 Å². The number of hydrogen-bond acceptors (Lipinski definition) is 2. The van der Waals surface area contributed by atoms with Gasteiger partial charge in [-0.05, 0) is 41.6 Å². The van der Waals surface area contributed by atoms with Crippen molar-refractivity contribution in [1.82, 2.24) is 0 Å². The third kappa shape index (κ3) is 7.48. The molecule has 2 nitrogen and oxygen atoms in total. The van der Waals surface area contributed by atoms with Crippen LogP contribution in [-0.4, -0.2) is 8.76 Å². The van der Waals surface area contributed by atoms with E-state index >= 15 is 0 Å². The van der Waals surface area contributed by atoms with E-state index in [0.717, 1.165) is 6.42 Å². The fraction of sp³-hybridized carbons (Fsp3) is 0.625. The Bertz CT molecular complexity index is 360. The van der Waals surface area contributed by atoms with Crippen molar-refractivity contribution in [3.63, 3.8) is 0 Å². The van der Waals surface area contributed by atoms with E-state index in [2.05, 4.69) is 6.92 Å². The summed E-state index contributed by atoms with van der Waals surface area (Å²) in [4.78, 5) is 0.375. The largest absolute Gasteiger partial charge is 0.768 e. The van der Waals surface area contributed by atoms with Crippen LogP contribution >= 0.6 is 0 Å². The molecule has 1 rings (SSSR count). The van der Waals surface area contributed by atoms with Crippen LogP contribution in [-0.2, 0) is 17.5 Å². The summed E-state index contributed by atoms with van der Waals surface area (Å²) in [6.45, 7) is 2.24. The van der Waals surface area contributed by atoms with Gasteiger partial charge in [-0.1, -0.05) is 64.0 Å². The standard InChI is InChI=1S/C16H26O2S/c1-2-3-4-5-6-7-8-9-10-15-11-13-16(14-12-15)19(17)18/h11-14H,2-10H2,1H3,(H,17,18)/p-1. The van der Waals surface area contributed by atoms with E-state index in [0.29, 0.717) is 4.90 Å². The van der Waals surface area contributed by atoms with Gasteiger partial charge in [0.2, 0.25) is 0 Å². The van der Waals surface area contributed by atoms with Gasteiger partial charge in [-0.2, -0.15) is 0 Å². The van der Waals surface area contributed by atoms with Crippen molar-refractivity contribution in [3.05, 3.63) is 29.8 Å². The quantitative estimate of drug-likeness (QED) is 0.464. The van der Waals surface area contributed by atoms with Crippen molar-refractivity contribution in [2.75, 3.05) is 0 Å². The van der Waals surface area contributed by atoms with E-state index in [1.165, 1.54) is 56.9 Å². The zero-order valence-electron chi connectivity index (χ0n) is 11.9. The third-order valence-corrected chi connectivity index (χ3v) is 4.09. The van der Waals surface area contributed by atoms with E-state index in [1.54, 1.807) is 12.1 Å². The van der Waals surface area contributed by atoms with Crippen molar-refractivity contribution in [2.45, 2.75) is 69.6 Å². The van der Waals surface area contributed by atoms with E-state index in [-0.39, 0.29) is 0 Å². The monoisotopic (exact) mass is 281 g/mol. The lowest BCUT2D eigenvalue weighted by atomic mass is 10.0. The molecule has 1 aromatic carbocycles. The molecule has 108 valence electrons. The molecule has 1 atom stereocenters. The molecule has 1 aromatic rings. The van der Waals surface area contributed by atoms with Gasteiger partial charge < -0.3 is 4.55 Å². The third-order valence-electron chi connectivity index (χ3n) is 3.43. The highest BCUT2D eigenvalue weighted by Gasteiger charge is 1.96. The fourth-order valence-electron chi connectivity index (χ4n) is 2.23. The maximum atomic E-state index is 10.7. The molecule has 0 fully saturated rings. The van der Waals surface area contributed by atoms with Gasteiger partial charge in [0.25, 0.3) is 0 Å². The molecule has 0 aliphatic carbocycles. The minimum atomic E-state index is -2.10. The normalized spacial score (nSPS) is 12.5. The molecule has 1 unspecified atom stereocenters. The predicted octanol–water partition coefficient (Wildman–Crippen LogP) is 4.61. The van der Waals surface area contributed by atoms with E-state index in [1.807, 2.05) is 12.1 Å². The second-order valence-corrected chi connectivity index (χ2v) is 6.04. The molecule has 0 bridgehead atoms. The van der Waals surface area contributed by atoms with Crippen LogP contribution in [0.2, 0.25) is 0 Å². The van der Waals surface area contributed by atoms with Gasteiger partial charge in [0.05, 0.1) is 0 Å². The Morgan fingerprint density at radius 2 is 1.42 bits per heavy atom. The van der Waals surface area contributed by atoms with Crippen LogP contribution in [0.1, 0.15) is 63.9 Å². The molecule has 0 saturated heterocycles. The fourth-order valence-corrected chi connectivity index (χ4v) is 2.59. The number of rotatable bonds is 10. The average molecular weight is 281 g/mol. The Morgan fingerprint density at radius 3 is 1.95 bits per heavy atom. The molecule has 0 radical (unpaired) electrons. The second-order valence-electron chi connectivity index (χ2n) is 5.10. The van der Waals surface area contributed by atoms with Crippen LogP contribution in [0.4, 0.5) is 0 Å². The maximum absolute atomic E-state index is 10.7. The molecule has 19 heavy (non-hydrogen) atoms. The Kier molecular flexibility index (Phi) is 8.76. The Morgan fingerprint density at radius 1 is 0.895 bits per heavy atom. The van der Waals surface area contributed by atoms with Crippen LogP contribution < -0.4 is 0 Å². The van der Waals surface area contributed by atoms with Gasteiger partial charge in [0.1, 0.15) is 0 Å². The first-order chi connectivity index (χ1) is 9.24. The zero-order chi connectivity index (χ0) is 13.9. The molecule has 0 spiro atoms. The Hall–Kier alpha value is -0.670. The zero-order valence-corrected chi connectivity index (χ0v) is 12.7. The Balaban J connectivity index is 2.07. The van der Waals surface area contributed by atoms with Gasteiger partial charge >= 0.3 is 0 Å². The topological polar surface area (TPSA) is 40.1 Å². The summed E-state index contributed by atoms with van der Waals surface area (Å²) in [5.41, 5.74) is 1.24. The lowest BCUT2D eigenvalue weighted by molar-refractivity contribution is 0.537. The molecule has 0 amide bonds. The first kappa shape index (κ1) is 16.4. The number of unbranched alkanes of at least 4 members (excludes halogenated alkanes) is 7. The van der Waals surface area contributed by atoms with Crippen LogP contribution in [0.5, 0.6) is 0 Å². The first-order valence-corrected chi connectivity index (χ1v) is 8.49. The van der Waals surface area contributed by atoms with Crippen molar-refractivity contribution < 1.29 is 8.76 Å². The van der Waals surface area contributed by atoms with Crippen molar-refractivity contribution in [3.8, 4) is 0 Å². The summed E-state index contributed by atoms with van der Waals surface area (Å²) in [5, 5.41) is 0. The minimum Gasteiger partial charge on any atom is -0.768 e. The summed E-state index contributed by atoms with van der Waals surface area (Å²) >= 11 is -2.10. The molecule has 0 heterocycles. The maximum Gasteiger partial charge on any atom is 0.0248 e. The van der Waals surface area contributed by atoms with Crippen molar-refractivity contribution in [2.24, 2.45) is 0 Å². The number of aryl methyl sites for hydroxylation is 1. The van der Waals surface area contributed by atoms with Crippen LogP contribution in [0.15, 0.2) is 29.2 Å². The van der Waals surface area contributed by atoms with Crippen LogP contribution in [0.25, 0.3) is 0 Å². The highest BCUT2D eigenvalue weighted by Crippen LogP contribution is 2.13. The van der Waals surface area contributed by atoms with Gasteiger partial charge in [-0.15, -0.1) is 0 Å². The molecule has 0 aromatic heterocycles. The Labute approximate surface area is 119 Å². The SMILES string of the molecule is CCCCCCCCCCc1ccc(S(=O)[O-])cc1. The van der Waals surface area contributed by atoms with Gasteiger partial charge in [-0.25, -0.2) is 0 Å². The molecule has 0 saturated carbocycles. The molecule has 0 aliphatic rings. The molecule has 3 heteroatoms. The smallest absolute Gasteiger partial charge is 0.0248 e. The lowest BCUT2D eigenvalue weighted by Crippen LogP contribution is -1.90.